The molecule has 0 fully saturated rings. The summed E-state index contributed by atoms with van der Waals surface area (Å²) in [7, 11) is 0. The van der Waals surface area contributed by atoms with Crippen molar-refractivity contribution in [2.24, 2.45) is 0 Å². The first-order valence-electron chi connectivity index (χ1n) is 1.60. The van der Waals surface area contributed by atoms with Gasteiger partial charge in [0.25, 0.3) is 0 Å². The van der Waals surface area contributed by atoms with Gasteiger partial charge in [-0.2, -0.15) is 0 Å². The third-order valence-electron chi connectivity index (χ3n) is 0.326. The van der Waals surface area contributed by atoms with E-state index in [-0.39, 0.29) is 62.3 Å². The summed E-state index contributed by atoms with van der Waals surface area (Å²) in [6.07, 6.45) is -0.153. The number of carbonyl (C=O) groups is 1. The molecule has 0 saturated carbocycles. The van der Waals surface area contributed by atoms with Crippen molar-refractivity contribution in [2.45, 2.75) is 6.42 Å². The molecule has 5 heteroatoms. The van der Waals surface area contributed by atoms with Gasteiger partial charge in [-0.15, -0.1) is 0 Å². The van der Waals surface area contributed by atoms with E-state index in [1.165, 1.54) is 0 Å². The second-order valence-corrected chi connectivity index (χ2v) is 0.867. The number of carboxylic acids is 1. The average molecular weight is 208 g/mol. The van der Waals surface area contributed by atoms with Crippen LogP contribution in [-0.2, 0) is 31.0 Å². The molecule has 3 nitrogen and oxygen atoms in total. The van der Waals surface area contributed by atoms with E-state index in [0.717, 1.165) is 0 Å². The van der Waals surface area contributed by atoms with Crippen LogP contribution in [0.3, 0.4) is 0 Å². The van der Waals surface area contributed by atoms with Crippen molar-refractivity contribution in [1.29, 1.82) is 0 Å². The Balaban J connectivity index is -0.000000125. The van der Waals surface area contributed by atoms with E-state index in [1.54, 1.807) is 0 Å². The minimum atomic E-state index is -0.961. The van der Waals surface area contributed by atoms with Gasteiger partial charge in [-0.25, -0.2) is 0 Å². The average Bonchev–Trinajstić information content (AvgIpc) is 1.35. The summed E-state index contributed by atoms with van der Waals surface area (Å²) in [6.45, 7) is -0.269. The molecule has 0 atom stereocenters. The van der Waals surface area contributed by atoms with Gasteiger partial charge < -0.3 is 10.2 Å². The topological polar surface area (TPSA) is 57.5 Å². The monoisotopic (exact) mass is 206 g/mol. The smallest absolute Gasteiger partial charge is 0.316 e. The van der Waals surface area contributed by atoms with Crippen LogP contribution in [-0.4, -0.2) is 45.8 Å². The van der Waals surface area contributed by atoms with E-state index < -0.39 is 5.97 Å². The quantitative estimate of drug-likeness (QED) is 0.544. The molecule has 0 spiro atoms. The molecule has 0 aliphatic rings. The first-order chi connectivity index (χ1) is 2.77. The second-order valence-electron chi connectivity index (χ2n) is 0.867. The van der Waals surface area contributed by atoms with Crippen LogP contribution in [0, 0.1) is 0 Å². The zero-order valence-electron chi connectivity index (χ0n) is 3.72. The van der Waals surface area contributed by atoms with E-state index in [0.29, 0.717) is 0 Å². The SMILES string of the molecule is O=C(O)CCO.[MgH2].[Zr]. The van der Waals surface area contributed by atoms with Crippen LogP contribution in [0.2, 0.25) is 0 Å². The molecule has 0 radical (unpaired) electrons. The summed E-state index contributed by atoms with van der Waals surface area (Å²) in [5.41, 5.74) is 0. The van der Waals surface area contributed by atoms with Crippen LogP contribution in [0.25, 0.3) is 0 Å². The molecule has 0 unspecified atom stereocenters. The first kappa shape index (κ1) is 16.0. The zero-order chi connectivity index (χ0) is 4.99. The molecule has 0 aromatic carbocycles. The Hall–Kier alpha value is 1.08. The maximum atomic E-state index is 9.44. The summed E-state index contributed by atoms with van der Waals surface area (Å²) >= 11 is 0. The fourth-order valence-corrected chi connectivity index (χ4v) is 0.0956. The fourth-order valence-electron chi connectivity index (χ4n) is 0.0956. The Morgan fingerprint density at radius 1 is 1.50 bits per heavy atom. The van der Waals surface area contributed by atoms with Gasteiger partial charge in [0.15, 0.2) is 0 Å². The summed E-state index contributed by atoms with van der Waals surface area (Å²) in [5.74, 6) is -0.961. The van der Waals surface area contributed by atoms with E-state index in [4.69, 9.17) is 10.2 Å². The molecule has 0 saturated heterocycles. The van der Waals surface area contributed by atoms with Crippen molar-refractivity contribution in [3.05, 3.63) is 0 Å². The Kier molecular flexibility index (Phi) is 22.0. The Morgan fingerprint density at radius 3 is 1.88 bits per heavy atom. The predicted octanol–water partition coefficient (Wildman–Crippen LogP) is -1.47. The summed E-state index contributed by atoms with van der Waals surface area (Å²) < 4.78 is 0. The zero-order valence-corrected chi connectivity index (χ0v) is 6.17. The van der Waals surface area contributed by atoms with Crippen molar-refractivity contribution in [3.63, 3.8) is 0 Å². The third kappa shape index (κ3) is 15.7. The summed E-state index contributed by atoms with van der Waals surface area (Å²) in [4.78, 5) is 9.44. The number of rotatable bonds is 2. The van der Waals surface area contributed by atoms with Gasteiger partial charge in [-0.05, 0) is 0 Å². The normalized spacial score (nSPS) is 6.12. The molecule has 0 aliphatic carbocycles. The van der Waals surface area contributed by atoms with Crippen molar-refractivity contribution < 1.29 is 41.2 Å². The van der Waals surface area contributed by atoms with Crippen LogP contribution >= 0.6 is 0 Å². The third-order valence-corrected chi connectivity index (χ3v) is 0.326. The first-order valence-corrected chi connectivity index (χ1v) is 1.60. The molecule has 0 bridgehead atoms. The van der Waals surface area contributed by atoms with E-state index in [2.05, 4.69) is 0 Å². The van der Waals surface area contributed by atoms with Crippen molar-refractivity contribution >= 4 is 29.0 Å². The molecule has 0 aromatic heterocycles. The largest absolute Gasteiger partial charge is 0.481 e. The van der Waals surface area contributed by atoms with Gasteiger partial charge in [-0.3, -0.25) is 4.79 Å². The molecule has 44 valence electrons. The van der Waals surface area contributed by atoms with Crippen LogP contribution in [0.5, 0.6) is 0 Å². The van der Waals surface area contributed by atoms with Crippen LogP contribution in [0.4, 0.5) is 0 Å². The van der Waals surface area contributed by atoms with Crippen molar-refractivity contribution in [2.75, 3.05) is 6.61 Å². The van der Waals surface area contributed by atoms with Gasteiger partial charge in [0.1, 0.15) is 0 Å². The maximum Gasteiger partial charge on any atom is 0.316 e. The molecule has 0 amide bonds. The molecule has 0 heterocycles. The number of aliphatic hydroxyl groups excluding tert-OH is 1. The number of aliphatic hydroxyl groups is 1. The van der Waals surface area contributed by atoms with Gasteiger partial charge >= 0.3 is 29.0 Å². The Morgan fingerprint density at radius 2 is 1.88 bits per heavy atom. The van der Waals surface area contributed by atoms with E-state index >= 15 is 0 Å². The molecule has 0 aromatic rings. The predicted molar refractivity (Wildman–Crippen MR) is 27.9 cm³/mol. The molecular weight excluding hydrogens is 200 g/mol. The number of hydrogen-bond donors (Lipinski definition) is 2. The minimum Gasteiger partial charge on any atom is -0.481 e. The van der Waals surface area contributed by atoms with Crippen molar-refractivity contribution in [3.8, 4) is 0 Å². The van der Waals surface area contributed by atoms with E-state index in [1.807, 2.05) is 0 Å². The van der Waals surface area contributed by atoms with Crippen LogP contribution < -0.4 is 0 Å². The molecule has 0 rings (SSSR count). The Bertz CT molecular complexity index is 58.5. The van der Waals surface area contributed by atoms with Crippen LogP contribution in [0.1, 0.15) is 6.42 Å². The molecule has 0 aliphatic heterocycles. The van der Waals surface area contributed by atoms with Gasteiger partial charge in [-0.1, -0.05) is 0 Å². The molecule has 2 N–H and O–H groups in total. The number of aliphatic carboxylic acids is 1. The maximum absolute atomic E-state index is 9.44. The molecular formula is C3H8MgO3Zr. The second kappa shape index (κ2) is 11.0. The number of hydrogen-bond acceptors (Lipinski definition) is 2. The number of carboxylic acid groups (broad SMARTS) is 1. The summed E-state index contributed by atoms with van der Waals surface area (Å²) in [6, 6.07) is 0. The fraction of sp³-hybridized carbons (Fsp3) is 0.667. The van der Waals surface area contributed by atoms with Gasteiger partial charge in [0.2, 0.25) is 0 Å². The van der Waals surface area contributed by atoms with Crippen LogP contribution in [0.15, 0.2) is 0 Å². The molecule has 8 heavy (non-hydrogen) atoms. The summed E-state index contributed by atoms with van der Waals surface area (Å²) in [5, 5.41) is 15.6. The van der Waals surface area contributed by atoms with E-state index in [9.17, 15) is 4.79 Å². The Labute approximate surface area is 82.7 Å². The standard InChI is InChI=1S/C3H6O3.Mg.Zr.2H/c4-2-1-3(5)6;;;;/h4H,1-2H2,(H,5,6);;;;. The van der Waals surface area contributed by atoms with Gasteiger partial charge in [0.05, 0.1) is 13.0 Å². The minimum absolute atomic E-state index is 0. The van der Waals surface area contributed by atoms with Crippen molar-refractivity contribution in [1.82, 2.24) is 0 Å². The van der Waals surface area contributed by atoms with Gasteiger partial charge in [0, 0.05) is 26.2 Å².